The van der Waals surface area contributed by atoms with Gasteiger partial charge in [0.15, 0.2) is 11.5 Å². The summed E-state index contributed by atoms with van der Waals surface area (Å²) in [6.45, 7) is 1.47. The number of methoxy groups -OCH3 is 2. The molecule has 0 saturated carbocycles. The Morgan fingerprint density at radius 3 is 2.65 bits per heavy atom. The van der Waals surface area contributed by atoms with Gasteiger partial charge in [-0.2, -0.15) is 0 Å². The molecular weight excluding hydrogens is 316 g/mol. The lowest BCUT2D eigenvalue weighted by Crippen LogP contribution is -2.45. The van der Waals surface area contributed by atoms with Crippen LogP contribution in [0.4, 0.5) is 0 Å². The number of carbonyl (C=O) groups excluding carboxylic acids is 1. The molecule has 1 fully saturated rings. The van der Waals surface area contributed by atoms with Gasteiger partial charge in [0.1, 0.15) is 0 Å². The summed E-state index contributed by atoms with van der Waals surface area (Å²) in [6, 6.07) is 5.93. The largest absolute Gasteiger partial charge is 0.493 e. The molecule has 0 aromatic heterocycles. The summed E-state index contributed by atoms with van der Waals surface area (Å²) >= 11 is 0. The highest BCUT2D eigenvalue weighted by Crippen LogP contribution is 2.28. The van der Waals surface area contributed by atoms with Crippen LogP contribution < -0.4 is 15.2 Å². The third-order valence-electron chi connectivity index (χ3n) is 4.25. The van der Waals surface area contributed by atoms with Crippen LogP contribution in [0.25, 0.3) is 0 Å². The van der Waals surface area contributed by atoms with E-state index < -0.39 is 0 Å². The molecule has 0 bridgehead atoms. The zero-order valence-corrected chi connectivity index (χ0v) is 14.7. The predicted molar refractivity (Wildman–Crippen MR) is 93.5 cm³/mol. The fourth-order valence-electron chi connectivity index (χ4n) is 3.09. The molecule has 1 aromatic carbocycles. The van der Waals surface area contributed by atoms with Crippen molar-refractivity contribution in [3.8, 4) is 11.5 Å². The van der Waals surface area contributed by atoms with Crippen molar-refractivity contribution >= 4 is 18.3 Å². The van der Waals surface area contributed by atoms with Crippen LogP contribution in [-0.4, -0.2) is 44.2 Å². The van der Waals surface area contributed by atoms with E-state index in [4.69, 9.17) is 15.2 Å². The van der Waals surface area contributed by atoms with E-state index in [-0.39, 0.29) is 18.3 Å². The van der Waals surface area contributed by atoms with Crippen LogP contribution in [0.2, 0.25) is 0 Å². The van der Waals surface area contributed by atoms with Gasteiger partial charge in [-0.15, -0.1) is 12.4 Å². The van der Waals surface area contributed by atoms with Crippen LogP contribution in [0, 0.1) is 0 Å². The number of carbonyl (C=O) groups is 1. The molecule has 2 N–H and O–H groups in total. The van der Waals surface area contributed by atoms with E-state index in [0.717, 1.165) is 31.4 Å². The first kappa shape index (κ1) is 19.6. The lowest BCUT2D eigenvalue weighted by Gasteiger charge is -2.36. The van der Waals surface area contributed by atoms with E-state index in [1.54, 1.807) is 14.2 Å². The van der Waals surface area contributed by atoms with E-state index >= 15 is 0 Å². The van der Waals surface area contributed by atoms with E-state index in [1.807, 2.05) is 23.1 Å². The number of halogens is 1. The van der Waals surface area contributed by atoms with Crippen LogP contribution in [0.15, 0.2) is 18.2 Å². The molecule has 0 radical (unpaired) electrons. The summed E-state index contributed by atoms with van der Waals surface area (Å²) in [6.07, 6.45) is 4.61. The molecule has 1 aliphatic heterocycles. The molecule has 1 aliphatic rings. The van der Waals surface area contributed by atoms with Crippen molar-refractivity contribution in [2.24, 2.45) is 5.73 Å². The summed E-state index contributed by atoms with van der Waals surface area (Å²) in [5, 5.41) is 0. The number of benzene rings is 1. The van der Waals surface area contributed by atoms with Gasteiger partial charge in [-0.1, -0.05) is 6.07 Å². The van der Waals surface area contributed by atoms with Gasteiger partial charge in [-0.3, -0.25) is 4.79 Å². The Morgan fingerprint density at radius 2 is 2.00 bits per heavy atom. The lowest BCUT2D eigenvalue weighted by molar-refractivity contribution is -0.134. The molecule has 1 amide bonds. The monoisotopic (exact) mass is 342 g/mol. The Balaban J connectivity index is 0.00000264. The van der Waals surface area contributed by atoms with E-state index in [2.05, 4.69) is 0 Å². The normalized spacial score (nSPS) is 17.3. The van der Waals surface area contributed by atoms with Crippen LogP contribution >= 0.6 is 12.4 Å². The van der Waals surface area contributed by atoms with Crippen LogP contribution in [0.1, 0.15) is 31.2 Å². The summed E-state index contributed by atoms with van der Waals surface area (Å²) in [5.41, 5.74) is 6.62. The highest BCUT2D eigenvalue weighted by atomic mass is 35.5. The number of hydrogen-bond acceptors (Lipinski definition) is 4. The number of hydrogen-bond donors (Lipinski definition) is 1. The average molecular weight is 343 g/mol. The van der Waals surface area contributed by atoms with Crippen LogP contribution in [0.3, 0.4) is 0 Å². The fraction of sp³-hybridized carbons (Fsp3) is 0.588. The average Bonchev–Trinajstić information content (AvgIpc) is 2.55. The first-order chi connectivity index (χ1) is 10.7. The number of likely N-dealkylation sites (tertiary alicyclic amines) is 1. The minimum atomic E-state index is 0. The molecule has 6 heteroatoms. The molecule has 1 aromatic rings. The molecule has 1 saturated heterocycles. The van der Waals surface area contributed by atoms with Crippen molar-refractivity contribution in [3.05, 3.63) is 23.8 Å². The standard InChI is InChI=1S/C17H26N2O3.ClH/c1-21-15-7-6-13(11-16(15)22-2)12-17(20)19-10-4-3-5-14(19)8-9-18;/h6-7,11,14H,3-5,8-10,12,18H2,1-2H3;1H. The molecule has 0 spiro atoms. The molecule has 23 heavy (non-hydrogen) atoms. The van der Waals surface area contributed by atoms with Gasteiger partial charge in [0, 0.05) is 12.6 Å². The first-order valence-corrected chi connectivity index (χ1v) is 7.90. The summed E-state index contributed by atoms with van der Waals surface area (Å²) in [5.74, 6) is 1.51. The van der Waals surface area contributed by atoms with Crippen molar-refractivity contribution in [2.75, 3.05) is 27.3 Å². The second-order valence-electron chi connectivity index (χ2n) is 5.68. The lowest BCUT2D eigenvalue weighted by atomic mass is 9.98. The topological polar surface area (TPSA) is 64.8 Å². The quantitative estimate of drug-likeness (QED) is 0.862. The van der Waals surface area contributed by atoms with Crippen molar-refractivity contribution in [3.63, 3.8) is 0 Å². The molecule has 5 nitrogen and oxygen atoms in total. The third-order valence-corrected chi connectivity index (χ3v) is 4.25. The smallest absolute Gasteiger partial charge is 0.227 e. The Hall–Kier alpha value is -1.46. The number of piperidine rings is 1. The van der Waals surface area contributed by atoms with Crippen molar-refractivity contribution in [2.45, 2.75) is 38.1 Å². The maximum Gasteiger partial charge on any atom is 0.227 e. The third kappa shape index (κ3) is 5.01. The van der Waals surface area contributed by atoms with Crippen LogP contribution in [-0.2, 0) is 11.2 Å². The zero-order valence-electron chi connectivity index (χ0n) is 13.9. The Morgan fingerprint density at radius 1 is 1.26 bits per heavy atom. The molecule has 1 unspecified atom stereocenters. The van der Waals surface area contributed by atoms with Gasteiger partial charge in [0.25, 0.3) is 0 Å². The van der Waals surface area contributed by atoms with Gasteiger partial charge in [-0.05, 0) is 49.9 Å². The van der Waals surface area contributed by atoms with E-state index in [9.17, 15) is 4.79 Å². The second kappa shape index (κ2) is 9.63. The highest BCUT2D eigenvalue weighted by Gasteiger charge is 2.26. The fourth-order valence-corrected chi connectivity index (χ4v) is 3.09. The molecule has 1 atom stereocenters. The number of amides is 1. The minimum Gasteiger partial charge on any atom is -0.493 e. The maximum atomic E-state index is 12.6. The van der Waals surface area contributed by atoms with Gasteiger partial charge in [0.2, 0.25) is 5.91 Å². The molecule has 130 valence electrons. The summed E-state index contributed by atoms with van der Waals surface area (Å²) in [4.78, 5) is 14.6. The maximum absolute atomic E-state index is 12.6. The Bertz CT molecular complexity index is 509. The van der Waals surface area contributed by atoms with Crippen LogP contribution in [0.5, 0.6) is 11.5 Å². The molecule has 2 rings (SSSR count). The Labute approximate surface area is 144 Å². The SMILES string of the molecule is COc1ccc(CC(=O)N2CCCCC2CCN)cc1OC.Cl. The van der Waals surface area contributed by atoms with Crippen molar-refractivity contribution in [1.29, 1.82) is 0 Å². The van der Waals surface area contributed by atoms with E-state index in [1.165, 1.54) is 6.42 Å². The van der Waals surface area contributed by atoms with Gasteiger partial charge < -0.3 is 20.1 Å². The highest BCUT2D eigenvalue weighted by molar-refractivity contribution is 5.85. The number of nitrogens with zero attached hydrogens (tertiary/aromatic N) is 1. The molecule has 0 aliphatic carbocycles. The Kier molecular flexibility index (Phi) is 8.20. The van der Waals surface area contributed by atoms with Crippen molar-refractivity contribution in [1.82, 2.24) is 4.90 Å². The second-order valence-corrected chi connectivity index (χ2v) is 5.68. The zero-order chi connectivity index (χ0) is 15.9. The predicted octanol–water partition coefficient (Wildman–Crippen LogP) is 2.40. The summed E-state index contributed by atoms with van der Waals surface area (Å²) in [7, 11) is 3.21. The minimum absolute atomic E-state index is 0. The van der Waals surface area contributed by atoms with Crippen molar-refractivity contribution < 1.29 is 14.3 Å². The van der Waals surface area contributed by atoms with Gasteiger partial charge >= 0.3 is 0 Å². The molecule has 1 heterocycles. The van der Waals surface area contributed by atoms with Gasteiger partial charge in [0.05, 0.1) is 20.6 Å². The first-order valence-electron chi connectivity index (χ1n) is 7.90. The van der Waals surface area contributed by atoms with E-state index in [0.29, 0.717) is 30.5 Å². The summed E-state index contributed by atoms with van der Waals surface area (Å²) < 4.78 is 10.5. The number of ether oxygens (including phenoxy) is 2. The molecular formula is C17H27ClN2O3. The van der Waals surface area contributed by atoms with Gasteiger partial charge in [-0.25, -0.2) is 0 Å². The number of nitrogens with two attached hydrogens (primary N) is 1. The number of rotatable bonds is 6.